The van der Waals surface area contributed by atoms with E-state index in [1.54, 1.807) is 5.19 Å². The molecular weight excluding hydrogens is 192 g/mol. The second-order valence-electron chi connectivity index (χ2n) is 4.23. The Kier molecular flexibility index (Phi) is 3.62. The summed E-state index contributed by atoms with van der Waals surface area (Å²) in [6.07, 6.45) is 0. The van der Waals surface area contributed by atoms with E-state index in [9.17, 15) is 0 Å². The summed E-state index contributed by atoms with van der Waals surface area (Å²) in [5.74, 6) is 1.01. The van der Waals surface area contributed by atoms with Crippen LogP contribution in [0.1, 0.15) is 5.56 Å². The zero-order chi connectivity index (χ0) is 9.90. The van der Waals surface area contributed by atoms with E-state index in [2.05, 4.69) is 56.9 Å². The molecule has 0 saturated heterocycles. The molecule has 0 aliphatic heterocycles. The van der Waals surface area contributed by atoms with Crippen molar-refractivity contribution in [1.29, 1.82) is 0 Å². The van der Waals surface area contributed by atoms with Crippen LogP contribution < -0.4 is 5.19 Å². The SMILES string of the molecule is Cc1cccc([Si](C)(C)CCS)c1. The van der Waals surface area contributed by atoms with Crippen molar-refractivity contribution < 1.29 is 0 Å². The van der Waals surface area contributed by atoms with Crippen molar-refractivity contribution in [2.45, 2.75) is 26.1 Å². The van der Waals surface area contributed by atoms with Crippen LogP contribution in [0.25, 0.3) is 0 Å². The van der Waals surface area contributed by atoms with E-state index in [1.165, 1.54) is 11.6 Å². The summed E-state index contributed by atoms with van der Waals surface area (Å²) in [4.78, 5) is 0. The first-order chi connectivity index (χ1) is 6.06. The molecule has 13 heavy (non-hydrogen) atoms. The van der Waals surface area contributed by atoms with Gasteiger partial charge in [-0.15, -0.1) is 0 Å². The Bertz CT molecular complexity index is 281. The molecule has 0 aromatic heterocycles. The van der Waals surface area contributed by atoms with E-state index < -0.39 is 8.07 Å². The van der Waals surface area contributed by atoms with Gasteiger partial charge >= 0.3 is 0 Å². The molecule has 0 N–H and O–H groups in total. The lowest BCUT2D eigenvalue weighted by Crippen LogP contribution is -2.41. The van der Waals surface area contributed by atoms with Crippen molar-refractivity contribution in [2.24, 2.45) is 0 Å². The summed E-state index contributed by atoms with van der Waals surface area (Å²) in [5.41, 5.74) is 1.37. The lowest BCUT2D eigenvalue weighted by molar-refractivity contribution is 1.39. The van der Waals surface area contributed by atoms with Crippen LogP contribution in [0.5, 0.6) is 0 Å². The summed E-state index contributed by atoms with van der Waals surface area (Å²) >= 11 is 4.32. The van der Waals surface area contributed by atoms with Crippen LogP contribution in [-0.4, -0.2) is 13.8 Å². The number of hydrogen-bond acceptors (Lipinski definition) is 1. The van der Waals surface area contributed by atoms with Gasteiger partial charge in [-0.1, -0.05) is 48.1 Å². The zero-order valence-electron chi connectivity index (χ0n) is 8.67. The van der Waals surface area contributed by atoms with E-state index in [0.29, 0.717) is 0 Å². The molecule has 72 valence electrons. The lowest BCUT2D eigenvalue weighted by atomic mass is 10.2. The maximum absolute atomic E-state index is 4.32. The summed E-state index contributed by atoms with van der Waals surface area (Å²) in [6, 6.07) is 10.2. The largest absolute Gasteiger partial charge is 0.180 e. The topological polar surface area (TPSA) is 0 Å². The van der Waals surface area contributed by atoms with Crippen molar-refractivity contribution in [1.82, 2.24) is 0 Å². The maximum atomic E-state index is 4.32. The second-order valence-corrected chi connectivity index (χ2v) is 9.52. The van der Waals surface area contributed by atoms with Crippen molar-refractivity contribution in [3.63, 3.8) is 0 Å². The minimum Gasteiger partial charge on any atom is -0.180 e. The van der Waals surface area contributed by atoms with Crippen molar-refractivity contribution in [2.75, 3.05) is 5.75 Å². The van der Waals surface area contributed by atoms with Gasteiger partial charge in [0.2, 0.25) is 0 Å². The van der Waals surface area contributed by atoms with Gasteiger partial charge in [0.05, 0.1) is 8.07 Å². The Morgan fingerprint density at radius 1 is 1.31 bits per heavy atom. The third-order valence-corrected chi connectivity index (χ3v) is 6.55. The van der Waals surface area contributed by atoms with Gasteiger partial charge in [-0.25, -0.2) is 0 Å². The first kappa shape index (κ1) is 10.9. The minimum absolute atomic E-state index is 1.01. The molecule has 0 unspecified atom stereocenters. The quantitative estimate of drug-likeness (QED) is 0.576. The molecule has 0 radical (unpaired) electrons. The van der Waals surface area contributed by atoms with Crippen LogP contribution in [-0.2, 0) is 0 Å². The molecule has 2 heteroatoms. The molecule has 1 aromatic rings. The van der Waals surface area contributed by atoms with Gasteiger partial charge in [-0.3, -0.25) is 0 Å². The molecule has 0 aliphatic carbocycles. The van der Waals surface area contributed by atoms with Gasteiger partial charge < -0.3 is 0 Å². The Labute approximate surface area is 87.8 Å². The average Bonchev–Trinajstić information content (AvgIpc) is 2.04. The summed E-state index contributed by atoms with van der Waals surface area (Å²) < 4.78 is 0. The van der Waals surface area contributed by atoms with Crippen LogP contribution in [0.4, 0.5) is 0 Å². The molecule has 0 bridgehead atoms. The van der Waals surface area contributed by atoms with Crippen molar-refractivity contribution in [3.8, 4) is 0 Å². The van der Waals surface area contributed by atoms with Crippen LogP contribution in [0.15, 0.2) is 24.3 Å². The molecule has 0 atom stereocenters. The summed E-state index contributed by atoms with van der Waals surface area (Å²) in [6.45, 7) is 6.99. The molecule has 0 fully saturated rings. The van der Waals surface area contributed by atoms with Gasteiger partial charge in [0.15, 0.2) is 0 Å². The second kappa shape index (κ2) is 4.34. The van der Waals surface area contributed by atoms with Crippen LogP contribution >= 0.6 is 12.6 Å². The number of rotatable bonds is 3. The third-order valence-electron chi connectivity index (χ3n) is 2.54. The highest BCUT2D eigenvalue weighted by molar-refractivity contribution is 7.80. The van der Waals surface area contributed by atoms with Crippen LogP contribution in [0.3, 0.4) is 0 Å². The third kappa shape index (κ3) is 2.88. The molecule has 0 heterocycles. The number of thiol groups is 1. The predicted molar refractivity (Wildman–Crippen MR) is 67.0 cm³/mol. The molecule has 1 rings (SSSR count). The first-order valence-electron chi connectivity index (χ1n) is 4.74. The molecule has 0 amide bonds. The number of aryl methyl sites for hydroxylation is 1. The number of hydrogen-bond donors (Lipinski definition) is 1. The highest BCUT2D eigenvalue weighted by Gasteiger charge is 2.21. The van der Waals surface area contributed by atoms with Gasteiger partial charge in [0.25, 0.3) is 0 Å². The normalized spacial score (nSPS) is 11.7. The molecule has 0 nitrogen and oxygen atoms in total. The summed E-state index contributed by atoms with van der Waals surface area (Å²) in [7, 11) is -1.19. The van der Waals surface area contributed by atoms with Crippen LogP contribution in [0.2, 0.25) is 19.1 Å². The maximum Gasteiger partial charge on any atom is 0.0814 e. The highest BCUT2D eigenvalue weighted by atomic mass is 32.1. The van der Waals surface area contributed by atoms with Gasteiger partial charge in [-0.2, -0.15) is 12.6 Å². The highest BCUT2D eigenvalue weighted by Crippen LogP contribution is 2.11. The Morgan fingerprint density at radius 2 is 2.00 bits per heavy atom. The predicted octanol–water partition coefficient (Wildman–Crippen LogP) is 2.84. The minimum atomic E-state index is -1.19. The Balaban J connectivity index is 2.93. The van der Waals surface area contributed by atoms with Gasteiger partial charge in [-0.05, 0) is 18.7 Å². The molecule has 1 aromatic carbocycles. The Hall–Kier alpha value is -0.213. The van der Waals surface area contributed by atoms with Crippen molar-refractivity contribution >= 4 is 25.9 Å². The van der Waals surface area contributed by atoms with Crippen LogP contribution in [0, 0.1) is 6.92 Å². The Morgan fingerprint density at radius 3 is 2.54 bits per heavy atom. The van der Waals surface area contributed by atoms with E-state index in [0.717, 1.165) is 5.75 Å². The number of benzene rings is 1. The van der Waals surface area contributed by atoms with Gasteiger partial charge in [0, 0.05) is 0 Å². The zero-order valence-corrected chi connectivity index (χ0v) is 10.6. The molecular formula is C11H18SSi. The molecule has 0 spiro atoms. The smallest absolute Gasteiger partial charge is 0.0814 e. The van der Waals surface area contributed by atoms with E-state index in [-0.39, 0.29) is 0 Å². The average molecular weight is 210 g/mol. The molecule has 0 saturated carbocycles. The van der Waals surface area contributed by atoms with Crippen molar-refractivity contribution in [3.05, 3.63) is 29.8 Å². The molecule has 0 aliphatic rings. The van der Waals surface area contributed by atoms with Gasteiger partial charge in [0.1, 0.15) is 0 Å². The fraction of sp³-hybridized carbons (Fsp3) is 0.455. The van der Waals surface area contributed by atoms with E-state index in [4.69, 9.17) is 0 Å². The van der Waals surface area contributed by atoms with E-state index >= 15 is 0 Å². The lowest BCUT2D eigenvalue weighted by Gasteiger charge is -2.22. The fourth-order valence-corrected chi connectivity index (χ4v) is 5.18. The monoisotopic (exact) mass is 210 g/mol. The fourth-order valence-electron chi connectivity index (χ4n) is 1.49. The first-order valence-corrected chi connectivity index (χ1v) is 8.58. The van der Waals surface area contributed by atoms with E-state index in [1.807, 2.05) is 0 Å². The summed E-state index contributed by atoms with van der Waals surface area (Å²) in [5, 5.41) is 1.56. The standard InChI is InChI=1S/C11H18SSi/c1-10-5-4-6-11(9-10)13(2,3)8-7-12/h4-6,9,12H,7-8H2,1-3H3.